The van der Waals surface area contributed by atoms with Gasteiger partial charge in [0, 0.05) is 7.11 Å². The molecule has 10 atom stereocenters. The molecule has 9 rings (SSSR count). The van der Waals surface area contributed by atoms with E-state index in [-0.39, 0.29) is 48.7 Å². The molecule has 77 heavy (non-hydrogen) atoms. The number of carbonyl (C=O) groups is 4. The molecule has 2 fully saturated rings. The van der Waals surface area contributed by atoms with E-state index >= 15 is 0 Å². The highest BCUT2D eigenvalue weighted by molar-refractivity contribution is 5.91. The minimum absolute atomic E-state index is 0.0649. The first-order valence-electron chi connectivity index (χ1n) is 25.2. The van der Waals surface area contributed by atoms with Crippen molar-refractivity contribution in [1.82, 2.24) is 0 Å². The summed E-state index contributed by atoms with van der Waals surface area (Å²) in [5.74, 6) is -3.31. The van der Waals surface area contributed by atoms with E-state index < -0.39 is 91.9 Å². The van der Waals surface area contributed by atoms with E-state index in [4.69, 9.17) is 52.1 Å². The van der Waals surface area contributed by atoms with Crippen LogP contribution in [-0.2, 0) is 71.9 Å². The highest BCUT2D eigenvalue weighted by Gasteiger charge is 2.57. The maximum atomic E-state index is 14.5. The molecule has 2 aliphatic heterocycles. The van der Waals surface area contributed by atoms with Crippen molar-refractivity contribution in [2.24, 2.45) is 0 Å². The van der Waals surface area contributed by atoms with Crippen molar-refractivity contribution in [2.45, 2.75) is 81.2 Å². The average molecular weight is 1040 g/mol. The smallest absolute Gasteiger partial charge is 0.338 e. The van der Waals surface area contributed by atoms with E-state index in [0.29, 0.717) is 0 Å². The Balaban J connectivity index is 1.16. The van der Waals surface area contributed by atoms with Gasteiger partial charge in [-0.25, -0.2) is 19.2 Å². The largest absolute Gasteiger partial charge is 0.459 e. The SMILES string of the molecule is CO[C@@H]1O[C@H](COCc2ccccc2)[C@H](O[C@@H]2O[C@H](COC(=O)c3ccccc3)[C@@H](OC(=O)c3ccccc3)[C@H](OC(=O)c3ccccc3)[C@H]2OC(=O)c2ccccc2)[C@H](OCc2ccccc2)[C@H]1OCc1ccccc1. The Hall–Kier alpha value is -7.86. The van der Waals surface area contributed by atoms with E-state index in [1.165, 1.54) is 7.11 Å². The van der Waals surface area contributed by atoms with Gasteiger partial charge in [0.1, 0.15) is 37.1 Å². The van der Waals surface area contributed by atoms with Gasteiger partial charge in [0.2, 0.25) is 0 Å². The lowest BCUT2D eigenvalue weighted by molar-refractivity contribution is -0.365. The van der Waals surface area contributed by atoms with Crippen molar-refractivity contribution in [2.75, 3.05) is 20.3 Å². The zero-order valence-corrected chi connectivity index (χ0v) is 42.1. The first kappa shape index (κ1) is 53.9. The molecule has 0 radical (unpaired) electrons. The van der Waals surface area contributed by atoms with Crippen LogP contribution in [0, 0.1) is 0 Å². The summed E-state index contributed by atoms with van der Waals surface area (Å²) in [5.41, 5.74) is 3.18. The summed E-state index contributed by atoms with van der Waals surface area (Å²) < 4.78 is 71.9. The van der Waals surface area contributed by atoms with Crippen LogP contribution in [0.5, 0.6) is 0 Å². The first-order chi connectivity index (χ1) is 37.8. The standard InChI is InChI=1S/C62H58O15/c1-67-61-55(70-39-44-27-13-4-14-28-44)53(69-38-43-25-11-3-12-26-43)51(49(72-61)40-68-37-42-23-9-2-10-24-42)77-62-56(76-60(66)48-35-21-8-22-36-48)54(75-59(65)47-33-19-7-20-34-47)52(74-58(64)46-31-17-6-18-32-46)50(73-62)41-71-57(63)45-29-15-5-16-30-45/h2-36,49-56,61-62H,37-41H2,1H3/t49-,50-,51+,52-,53+,54+,55-,56-,61-,62+/m1/s1. The quantitative estimate of drug-likeness (QED) is 0.0464. The van der Waals surface area contributed by atoms with Gasteiger partial charge in [-0.1, -0.05) is 164 Å². The molecular weight excluding hydrogens is 985 g/mol. The van der Waals surface area contributed by atoms with Crippen molar-refractivity contribution in [3.8, 4) is 0 Å². The van der Waals surface area contributed by atoms with Gasteiger partial charge in [0.15, 0.2) is 30.9 Å². The number of hydrogen-bond donors (Lipinski definition) is 0. The molecule has 7 aromatic rings. The Kier molecular flexibility index (Phi) is 19.1. The molecule has 0 spiro atoms. The third-order valence-corrected chi connectivity index (χ3v) is 12.8. The highest BCUT2D eigenvalue weighted by atomic mass is 16.8. The molecular formula is C62H58O15. The summed E-state index contributed by atoms with van der Waals surface area (Å²) in [4.78, 5) is 57.0. The van der Waals surface area contributed by atoms with Crippen molar-refractivity contribution in [3.05, 3.63) is 251 Å². The fraction of sp³-hybridized carbons (Fsp3) is 0.258. The summed E-state index contributed by atoms with van der Waals surface area (Å²) >= 11 is 0. The fourth-order valence-corrected chi connectivity index (χ4v) is 8.92. The third-order valence-electron chi connectivity index (χ3n) is 12.8. The number of rotatable bonds is 22. The molecule has 0 N–H and O–H groups in total. The number of benzene rings is 7. The van der Waals surface area contributed by atoms with Gasteiger partial charge >= 0.3 is 23.9 Å². The second kappa shape index (κ2) is 27.3. The Morgan fingerprint density at radius 1 is 0.364 bits per heavy atom. The van der Waals surface area contributed by atoms with E-state index in [1.54, 1.807) is 121 Å². The lowest BCUT2D eigenvalue weighted by atomic mass is 9.95. The topological polar surface area (TPSA) is 170 Å². The molecule has 2 heterocycles. The molecule has 0 saturated carbocycles. The van der Waals surface area contributed by atoms with Crippen LogP contribution in [0.3, 0.4) is 0 Å². The second-order valence-corrected chi connectivity index (χ2v) is 18.1. The summed E-state index contributed by atoms with van der Waals surface area (Å²) in [7, 11) is 1.49. The molecule has 0 amide bonds. The molecule has 396 valence electrons. The van der Waals surface area contributed by atoms with Crippen LogP contribution in [0.2, 0.25) is 0 Å². The fourth-order valence-electron chi connectivity index (χ4n) is 8.92. The second-order valence-electron chi connectivity index (χ2n) is 18.1. The van der Waals surface area contributed by atoms with Crippen LogP contribution in [-0.4, -0.2) is 106 Å². The Morgan fingerprint density at radius 3 is 1.18 bits per heavy atom. The molecule has 7 aromatic carbocycles. The van der Waals surface area contributed by atoms with Gasteiger partial charge in [0.05, 0.1) is 48.7 Å². The molecule has 0 aromatic heterocycles. The van der Waals surface area contributed by atoms with Gasteiger partial charge in [0.25, 0.3) is 0 Å². The van der Waals surface area contributed by atoms with Crippen LogP contribution in [0.15, 0.2) is 212 Å². The van der Waals surface area contributed by atoms with Gasteiger partial charge in [-0.05, 0) is 65.2 Å². The number of methoxy groups -OCH3 is 1. The van der Waals surface area contributed by atoms with Crippen molar-refractivity contribution in [1.29, 1.82) is 0 Å². The van der Waals surface area contributed by atoms with Gasteiger partial charge in [-0.15, -0.1) is 0 Å². The summed E-state index contributed by atoms with van der Waals surface area (Å²) in [5, 5.41) is 0. The normalized spacial score (nSPS) is 23.0. The lowest BCUT2D eigenvalue weighted by Gasteiger charge is -2.49. The zero-order chi connectivity index (χ0) is 53.2. The van der Waals surface area contributed by atoms with E-state index in [2.05, 4.69) is 0 Å². The molecule has 15 heteroatoms. The number of hydrogen-bond acceptors (Lipinski definition) is 15. The zero-order valence-electron chi connectivity index (χ0n) is 42.1. The lowest BCUT2D eigenvalue weighted by Crippen LogP contribution is -2.67. The highest BCUT2D eigenvalue weighted by Crippen LogP contribution is 2.37. The molecule has 2 aliphatic rings. The van der Waals surface area contributed by atoms with Gasteiger partial charge in [-0.2, -0.15) is 0 Å². The Morgan fingerprint density at radius 2 is 0.727 bits per heavy atom. The number of esters is 4. The Bertz CT molecular complexity index is 2920. The number of carbonyl (C=O) groups excluding carboxylic acids is 4. The van der Waals surface area contributed by atoms with Crippen LogP contribution in [0.25, 0.3) is 0 Å². The average Bonchev–Trinajstić information content (AvgIpc) is 3.49. The minimum Gasteiger partial charge on any atom is -0.459 e. The van der Waals surface area contributed by atoms with E-state index in [1.807, 2.05) is 91.0 Å². The molecule has 15 nitrogen and oxygen atoms in total. The molecule has 0 unspecified atom stereocenters. The maximum absolute atomic E-state index is 14.5. The van der Waals surface area contributed by atoms with E-state index in [9.17, 15) is 19.2 Å². The molecule has 0 bridgehead atoms. The minimum atomic E-state index is -1.73. The van der Waals surface area contributed by atoms with Gasteiger partial charge < -0.3 is 52.1 Å². The predicted molar refractivity (Wildman–Crippen MR) is 279 cm³/mol. The van der Waals surface area contributed by atoms with Crippen LogP contribution in [0.4, 0.5) is 0 Å². The van der Waals surface area contributed by atoms with Crippen molar-refractivity contribution < 1.29 is 71.3 Å². The molecule has 0 aliphatic carbocycles. The number of ether oxygens (including phenoxy) is 11. The first-order valence-corrected chi connectivity index (χ1v) is 25.2. The third kappa shape index (κ3) is 14.5. The Labute approximate surface area is 446 Å². The monoisotopic (exact) mass is 1040 g/mol. The van der Waals surface area contributed by atoms with Crippen molar-refractivity contribution >= 4 is 23.9 Å². The van der Waals surface area contributed by atoms with Crippen LogP contribution in [0.1, 0.15) is 58.1 Å². The van der Waals surface area contributed by atoms with Crippen molar-refractivity contribution in [3.63, 3.8) is 0 Å². The molecule has 2 saturated heterocycles. The predicted octanol–water partition coefficient (Wildman–Crippen LogP) is 9.39. The maximum Gasteiger partial charge on any atom is 0.338 e. The van der Waals surface area contributed by atoms with Crippen LogP contribution >= 0.6 is 0 Å². The summed E-state index contributed by atoms with van der Waals surface area (Å²) in [6.07, 6.45) is -13.6. The summed E-state index contributed by atoms with van der Waals surface area (Å²) in [6, 6.07) is 61.3. The summed E-state index contributed by atoms with van der Waals surface area (Å²) in [6.45, 7) is -0.312. The van der Waals surface area contributed by atoms with Crippen LogP contribution < -0.4 is 0 Å². The van der Waals surface area contributed by atoms with E-state index in [0.717, 1.165) is 16.7 Å². The van der Waals surface area contributed by atoms with Gasteiger partial charge in [-0.3, -0.25) is 0 Å².